The molecule has 0 aliphatic heterocycles. The van der Waals surface area contributed by atoms with E-state index in [0.29, 0.717) is 0 Å². The number of aryl methyl sites for hydroxylation is 1. The molecule has 2 aliphatic carbocycles. The first kappa shape index (κ1) is 23.0. The molecule has 0 atom stereocenters. The summed E-state index contributed by atoms with van der Waals surface area (Å²) in [6.07, 6.45) is 0. The molecule has 0 bridgehead atoms. The van der Waals surface area contributed by atoms with Crippen LogP contribution in [0.1, 0.15) is 55.5 Å². The van der Waals surface area contributed by atoms with Gasteiger partial charge >= 0.3 is 0 Å². The summed E-state index contributed by atoms with van der Waals surface area (Å²) in [5, 5.41) is 0. The molecule has 0 saturated carbocycles. The van der Waals surface area contributed by atoms with E-state index in [2.05, 4.69) is 149 Å². The zero-order valence-corrected chi connectivity index (χ0v) is 22.8. The van der Waals surface area contributed by atoms with E-state index >= 15 is 0 Å². The predicted molar refractivity (Wildman–Crippen MR) is 161 cm³/mol. The Morgan fingerprint density at radius 1 is 0.421 bits per heavy atom. The number of nitrogens with zero attached hydrogens (tertiary/aromatic N) is 1. The van der Waals surface area contributed by atoms with Crippen LogP contribution in [0, 0.1) is 6.92 Å². The lowest BCUT2D eigenvalue weighted by atomic mass is 9.82. The normalized spacial score (nSPS) is 15.4. The molecule has 186 valence electrons. The molecule has 0 aromatic heterocycles. The van der Waals surface area contributed by atoms with Gasteiger partial charge in [-0.3, -0.25) is 0 Å². The van der Waals surface area contributed by atoms with E-state index in [0.717, 1.165) is 0 Å². The first-order chi connectivity index (χ1) is 18.3. The molecule has 7 rings (SSSR count). The maximum atomic E-state index is 2.42. The average molecular weight is 492 g/mol. The van der Waals surface area contributed by atoms with Crippen molar-refractivity contribution in [1.82, 2.24) is 0 Å². The highest BCUT2D eigenvalue weighted by molar-refractivity contribution is 5.89. The molecule has 5 aromatic carbocycles. The molecule has 2 aliphatic rings. The summed E-state index contributed by atoms with van der Waals surface area (Å²) in [4.78, 5) is 2.42. The second kappa shape index (κ2) is 7.95. The van der Waals surface area contributed by atoms with Gasteiger partial charge in [0.25, 0.3) is 0 Å². The van der Waals surface area contributed by atoms with Crippen LogP contribution < -0.4 is 4.90 Å². The van der Waals surface area contributed by atoms with Gasteiger partial charge in [-0.05, 0) is 87.8 Å². The lowest BCUT2D eigenvalue weighted by molar-refractivity contribution is 0.660. The maximum absolute atomic E-state index is 2.42. The molecule has 38 heavy (non-hydrogen) atoms. The maximum Gasteiger partial charge on any atom is 0.0468 e. The molecular formula is C37H33N. The van der Waals surface area contributed by atoms with Crippen LogP contribution in [-0.4, -0.2) is 0 Å². The van der Waals surface area contributed by atoms with Crippen LogP contribution in [0.15, 0.2) is 109 Å². The second-order valence-corrected chi connectivity index (χ2v) is 12.0. The fourth-order valence-electron chi connectivity index (χ4n) is 6.84. The first-order valence-electron chi connectivity index (χ1n) is 13.6. The van der Waals surface area contributed by atoms with Crippen molar-refractivity contribution in [2.24, 2.45) is 0 Å². The Balaban J connectivity index is 1.44. The van der Waals surface area contributed by atoms with E-state index in [-0.39, 0.29) is 10.8 Å². The van der Waals surface area contributed by atoms with Crippen molar-refractivity contribution in [3.63, 3.8) is 0 Å². The van der Waals surface area contributed by atoms with Crippen LogP contribution >= 0.6 is 0 Å². The van der Waals surface area contributed by atoms with Crippen molar-refractivity contribution >= 4 is 17.1 Å². The summed E-state index contributed by atoms with van der Waals surface area (Å²) in [7, 11) is 0. The predicted octanol–water partition coefficient (Wildman–Crippen LogP) is 10.1. The van der Waals surface area contributed by atoms with Crippen molar-refractivity contribution in [3.05, 3.63) is 137 Å². The second-order valence-electron chi connectivity index (χ2n) is 12.0. The van der Waals surface area contributed by atoms with E-state index in [4.69, 9.17) is 0 Å². The molecule has 0 fully saturated rings. The third-order valence-corrected chi connectivity index (χ3v) is 8.94. The summed E-state index contributed by atoms with van der Waals surface area (Å²) >= 11 is 0. The number of fused-ring (bicyclic) bond motifs is 6. The van der Waals surface area contributed by atoms with E-state index in [1.807, 2.05) is 0 Å². The molecule has 5 aromatic rings. The van der Waals surface area contributed by atoms with Crippen molar-refractivity contribution in [2.45, 2.75) is 45.4 Å². The molecule has 1 nitrogen and oxygen atoms in total. The molecule has 0 radical (unpaired) electrons. The Kier molecular flexibility index (Phi) is 4.82. The standard InChI is InChI=1S/C37H33N/c1-24-14-16-25(17-15-24)38(26-18-20-34-30(22-26)28-10-6-8-12-32(28)36(34,2)3)27-19-21-35-31(23-27)29-11-7-9-13-33(29)37(35,4)5/h6-23H,1-5H3. The molecule has 0 saturated heterocycles. The highest BCUT2D eigenvalue weighted by Crippen LogP contribution is 2.52. The van der Waals surface area contributed by atoms with Crippen molar-refractivity contribution < 1.29 is 0 Å². The third kappa shape index (κ3) is 3.18. The minimum Gasteiger partial charge on any atom is -0.310 e. The highest BCUT2D eigenvalue weighted by atomic mass is 15.1. The SMILES string of the molecule is Cc1ccc(N(c2ccc3c(c2)-c2ccccc2C3(C)C)c2ccc3c(c2)-c2ccccc2C3(C)C)cc1. The van der Waals surface area contributed by atoms with Crippen LogP contribution in [-0.2, 0) is 10.8 Å². The zero-order chi connectivity index (χ0) is 26.2. The summed E-state index contributed by atoms with van der Waals surface area (Å²) in [5.41, 5.74) is 15.8. The quantitative estimate of drug-likeness (QED) is 0.243. The van der Waals surface area contributed by atoms with Gasteiger partial charge < -0.3 is 4.90 Å². The fourth-order valence-corrected chi connectivity index (χ4v) is 6.84. The van der Waals surface area contributed by atoms with Gasteiger partial charge in [0.2, 0.25) is 0 Å². The number of hydrogen-bond donors (Lipinski definition) is 0. The summed E-state index contributed by atoms with van der Waals surface area (Å²) < 4.78 is 0. The van der Waals surface area contributed by atoms with Crippen LogP contribution in [0.3, 0.4) is 0 Å². The van der Waals surface area contributed by atoms with E-state index < -0.39 is 0 Å². The lowest BCUT2D eigenvalue weighted by Crippen LogP contribution is -2.16. The van der Waals surface area contributed by atoms with Crippen molar-refractivity contribution in [1.29, 1.82) is 0 Å². The molecular weight excluding hydrogens is 458 g/mol. The number of benzene rings is 5. The Hall–Kier alpha value is -4.10. The van der Waals surface area contributed by atoms with E-state index in [1.54, 1.807) is 0 Å². The Morgan fingerprint density at radius 3 is 1.29 bits per heavy atom. The number of anilines is 3. The summed E-state index contributed by atoms with van der Waals surface area (Å²) in [6.45, 7) is 11.5. The van der Waals surface area contributed by atoms with E-state index in [1.165, 1.54) is 67.1 Å². The average Bonchev–Trinajstić information content (AvgIpc) is 3.30. The van der Waals surface area contributed by atoms with Gasteiger partial charge in [-0.25, -0.2) is 0 Å². The van der Waals surface area contributed by atoms with Crippen LogP contribution in [0.4, 0.5) is 17.1 Å². The zero-order valence-electron chi connectivity index (χ0n) is 22.8. The lowest BCUT2D eigenvalue weighted by Gasteiger charge is -2.28. The topological polar surface area (TPSA) is 3.24 Å². The van der Waals surface area contributed by atoms with Crippen molar-refractivity contribution in [2.75, 3.05) is 4.90 Å². The Labute approximate surface area is 226 Å². The number of hydrogen-bond acceptors (Lipinski definition) is 1. The van der Waals surface area contributed by atoms with Gasteiger partial charge in [0.15, 0.2) is 0 Å². The van der Waals surface area contributed by atoms with Gasteiger partial charge in [0, 0.05) is 27.9 Å². The van der Waals surface area contributed by atoms with Gasteiger partial charge in [-0.1, -0.05) is 106 Å². The van der Waals surface area contributed by atoms with Gasteiger partial charge in [0.05, 0.1) is 0 Å². The molecule has 0 N–H and O–H groups in total. The number of rotatable bonds is 3. The van der Waals surface area contributed by atoms with Crippen LogP contribution in [0.25, 0.3) is 22.3 Å². The van der Waals surface area contributed by atoms with Crippen LogP contribution in [0.5, 0.6) is 0 Å². The smallest absolute Gasteiger partial charge is 0.0468 e. The van der Waals surface area contributed by atoms with E-state index in [9.17, 15) is 0 Å². The monoisotopic (exact) mass is 491 g/mol. The highest BCUT2D eigenvalue weighted by Gasteiger charge is 2.37. The van der Waals surface area contributed by atoms with Crippen molar-refractivity contribution in [3.8, 4) is 22.3 Å². The third-order valence-electron chi connectivity index (χ3n) is 8.94. The molecule has 0 heterocycles. The molecule has 0 unspecified atom stereocenters. The molecule has 0 amide bonds. The van der Waals surface area contributed by atoms with Gasteiger partial charge in [0.1, 0.15) is 0 Å². The first-order valence-corrected chi connectivity index (χ1v) is 13.6. The summed E-state index contributed by atoms with van der Waals surface area (Å²) in [5.74, 6) is 0. The Morgan fingerprint density at radius 2 is 0.816 bits per heavy atom. The minimum atomic E-state index is 0.00199. The molecule has 1 heteroatoms. The fraction of sp³-hybridized carbons (Fsp3) is 0.189. The summed E-state index contributed by atoms with van der Waals surface area (Å²) in [6, 6.07) is 40.8. The minimum absolute atomic E-state index is 0.00199. The van der Waals surface area contributed by atoms with Crippen LogP contribution in [0.2, 0.25) is 0 Å². The van der Waals surface area contributed by atoms with Gasteiger partial charge in [-0.2, -0.15) is 0 Å². The largest absolute Gasteiger partial charge is 0.310 e. The van der Waals surface area contributed by atoms with Gasteiger partial charge in [-0.15, -0.1) is 0 Å². The molecule has 0 spiro atoms. The Bertz CT molecular complexity index is 1610.